The van der Waals surface area contributed by atoms with Crippen LogP contribution in [0.5, 0.6) is 0 Å². The third-order valence-electron chi connectivity index (χ3n) is 20.7. The molecule has 6 heterocycles. The molecule has 0 radical (unpaired) electrons. The van der Waals surface area contributed by atoms with E-state index in [-0.39, 0.29) is 0 Å². The Balaban J connectivity index is 0.000000139. The van der Waals surface area contributed by atoms with E-state index in [0.717, 1.165) is 127 Å². The molecular weight excluding hydrogens is 1260 g/mol. The van der Waals surface area contributed by atoms with Crippen LogP contribution in [0.1, 0.15) is 0 Å². The van der Waals surface area contributed by atoms with Crippen molar-refractivity contribution in [3.8, 4) is 89.8 Å². The van der Waals surface area contributed by atoms with Gasteiger partial charge in [-0.15, -0.1) is 0 Å². The number of para-hydroxylation sites is 2. The molecule has 0 aliphatic rings. The lowest BCUT2D eigenvalue weighted by atomic mass is 9.90. The lowest BCUT2D eigenvalue weighted by molar-refractivity contribution is 1.28. The summed E-state index contributed by atoms with van der Waals surface area (Å²) in [5.74, 6) is 0. The van der Waals surface area contributed by atoms with Gasteiger partial charge in [0.25, 0.3) is 0 Å². The van der Waals surface area contributed by atoms with Gasteiger partial charge in [0.1, 0.15) is 0 Å². The maximum absolute atomic E-state index is 5.45. The van der Waals surface area contributed by atoms with Crippen LogP contribution in [0.3, 0.4) is 0 Å². The molecule has 0 bridgehead atoms. The molecule has 0 aliphatic heterocycles. The second-order valence-corrected chi connectivity index (χ2v) is 26.9. The summed E-state index contributed by atoms with van der Waals surface area (Å²) in [7, 11) is 0. The number of hydrogen-bond acceptors (Lipinski definition) is 6. The number of pyridine rings is 6. The fraction of sp³-hybridized carbons (Fsp3) is 0. The highest BCUT2D eigenvalue weighted by atomic mass is 14.8. The van der Waals surface area contributed by atoms with Crippen molar-refractivity contribution in [3.05, 3.63) is 364 Å². The minimum atomic E-state index is 0.843. The largest absolute Gasteiger partial charge is 0.254 e. The number of nitrogens with zero attached hydrogens (tertiary/aromatic N) is 6. The van der Waals surface area contributed by atoms with E-state index in [0.29, 0.717) is 0 Å². The van der Waals surface area contributed by atoms with Gasteiger partial charge in [-0.2, -0.15) is 0 Å². The van der Waals surface area contributed by atoms with E-state index in [2.05, 4.69) is 322 Å². The van der Waals surface area contributed by atoms with Crippen LogP contribution in [0.25, 0.3) is 209 Å². The minimum absolute atomic E-state index is 0.843. The first-order valence-corrected chi connectivity index (χ1v) is 35.3. The van der Waals surface area contributed by atoms with Crippen molar-refractivity contribution >= 4 is 119 Å². The van der Waals surface area contributed by atoms with Crippen molar-refractivity contribution in [1.82, 2.24) is 29.9 Å². The van der Waals surface area contributed by atoms with E-state index in [1.165, 1.54) is 81.5 Å². The van der Waals surface area contributed by atoms with Crippen LogP contribution < -0.4 is 0 Å². The predicted octanol–water partition coefficient (Wildman–Crippen LogP) is 25.8. The molecule has 15 aromatic carbocycles. The highest BCUT2D eigenvalue weighted by Crippen LogP contribution is 2.45. The molecule has 0 fully saturated rings. The molecule has 0 aliphatic carbocycles. The third kappa shape index (κ3) is 10.7. The van der Waals surface area contributed by atoms with Crippen LogP contribution in [0.4, 0.5) is 0 Å². The van der Waals surface area contributed by atoms with Crippen LogP contribution in [-0.4, -0.2) is 29.9 Å². The number of hydrogen-bond donors (Lipinski definition) is 0. The third-order valence-corrected chi connectivity index (χ3v) is 20.7. The van der Waals surface area contributed by atoms with Gasteiger partial charge in [-0.25, -0.2) is 19.9 Å². The Hall–Kier alpha value is -13.9. The Labute approximate surface area is 599 Å². The first-order valence-electron chi connectivity index (χ1n) is 35.3. The molecular formula is C98H60N6. The highest BCUT2D eigenvalue weighted by Gasteiger charge is 2.21. The minimum Gasteiger partial charge on any atom is -0.254 e. The van der Waals surface area contributed by atoms with E-state index in [1.54, 1.807) is 0 Å². The predicted molar refractivity (Wildman–Crippen MR) is 436 cm³/mol. The Morgan fingerprint density at radius 3 is 0.990 bits per heavy atom. The second kappa shape index (κ2) is 25.0. The molecule has 6 nitrogen and oxygen atoms in total. The van der Waals surface area contributed by atoms with Gasteiger partial charge in [-0.05, 0) is 171 Å². The quantitative estimate of drug-likeness (QED) is 0.141. The molecule has 0 unspecified atom stereocenters. The van der Waals surface area contributed by atoms with Crippen LogP contribution >= 0.6 is 0 Å². The van der Waals surface area contributed by atoms with Gasteiger partial charge in [-0.3, -0.25) is 9.97 Å². The first kappa shape index (κ1) is 60.1. The fourth-order valence-electron chi connectivity index (χ4n) is 15.5. The lowest BCUT2D eigenvalue weighted by Crippen LogP contribution is -1.95. The molecule has 104 heavy (non-hydrogen) atoms. The summed E-state index contributed by atoms with van der Waals surface area (Å²) in [5, 5.41) is 21.0. The second-order valence-electron chi connectivity index (χ2n) is 26.9. The number of fused-ring (bicyclic) bond motifs is 14. The van der Waals surface area contributed by atoms with Gasteiger partial charge in [0.15, 0.2) is 0 Å². The summed E-state index contributed by atoms with van der Waals surface area (Å²) < 4.78 is 0. The number of benzene rings is 15. The van der Waals surface area contributed by atoms with Crippen molar-refractivity contribution in [3.63, 3.8) is 0 Å². The van der Waals surface area contributed by atoms with Crippen LogP contribution in [0, 0.1) is 0 Å². The van der Waals surface area contributed by atoms with E-state index >= 15 is 0 Å². The van der Waals surface area contributed by atoms with Crippen LogP contribution in [0.2, 0.25) is 0 Å². The molecule has 482 valence electrons. The van der Waals surface area contributed by atoms with Crippen molar-refractivity contribution < 1.29 is 0 Å². The van der Waals surface area contributed by atoms with Crippen LogP contribution in [0.15, 0.2) is 364 Å². The number of aromatic nitrogens is 6. The van der Waals surface area contributed by atoms with E-state index < -0.39 is 0 Å². The summed E-state index contributed by atoms with van der Waals surface area (Å²) in [6.07, 6.45) is 3.99. The summed E-state index contributed by atoms with van der Waals surface area (Å²) >= 11 is 0. The van der Waals surface area contributed by atoms with Gasteiger partial charge >= 0.3 is 0 Å². The summed E-state index contributed by atoms with van der Waals surface area (Å²) in [6.45, 7) is 0. The zero-order valence-corrected chi connectivity index (χ0v) is 56.3. The van der Waals surface area contributed by atoms with Gasteiger partial charge in [0, 0.05) is 72.4 Å². The Kier molecular flexibility index (Phi) is 14.5. The Bertz CT molecular complexity index is 7050. The molecule has 0 spiro atoms. The zero-order valence-electron chi connectivity index (χ0n) is 56.3. The van der Waals surface area contributed by atoms with Gasteiger partial charge in [0.05, 0.1) is 56.2 Å². The van der Waals surface area contributed by atoms with Crippen molar-refractivity contribution in [1.29, 1.82) is 0 Å². The topological polar surface area (TPSA) is 77.3 Å². The average Bonchev–Trinajstić information content (AvgIpc) is 0.733. The summed E-state index contributed by atoms with van der Waals surface area (Å²) in [5.41, 5.74) is 20.3. The van der Waals surface area contributed by atoms with Crippen molar-refractivity contribution in [2.45, 2.75) is 0 Å². The van der Waals surface area contributed by atoms with Crippen molar-refractivity contribution in [2.75, 3.05) is 0 Å². The number of rotatable bonds is 8. The maximum Gasteiger partial charge on any atom is 0.0972 e. The monoisotopic (exact) mass is 1320 g/mol. The normalized spacial score (nSPS) is 11.7. The van der Waals surface area contributed by atoms with Gasteiger partial charge in [-0.1, -0.05) is 273 Å². The summed E-state index contributed by atoms with van der Waals surface area (Å²) in [6, 6.07) is 125. The lowest BCUT2D eigenvalue weighted by Gasteiger charge is -2.16. The Morgan fingerprint density at radius 1 is 0.163 bits per heavy atom. The smallest absolute Gasteiger partial charge is 0.0972 e. The van der Waals surface area contributed by atoms with Crippen molar-refractivity contribution in [2.24, 2.45) is 0 Å². The van der Waals surface area contributed by atoms with Gasteiger partial charge < -0.3 is 0 Å². The maximum atomic E-state index is 5.45. The van der Waals surface area contributed by atoms with Gasteiger partial charge in [0.2, 0.25) is 0 Å². The molecule has 0 saturated carbocycles. The Morgan fingerprint density at radius 2 is 0.510 bits per heavy atom. The first-order chi connectivity index (χ1) is 51.5. The summed E-state index contributed by atoms with van der Waals surface area (Å²) in [4.78, 5) is 31.0. The zero-order chi connectivity index (χ0) is 68.6. The molecule has 0 saturated heterocycles. The average molecular weight is 1320 g/mol. The molecule has 6 heteroatoms. The van der Waals surface area contributed by atoms with Crippen LogP contribution in [-0.2, 0) is 0 Å². The molecule has 6 aromatic heterocycles. The molecule has 21 aromatic rings. The SMILES string of the molecule is c1ccc2cc(-c3cc(-c4ccc(-c5ccc6ccccc6n5)nc4)c4cc(-c5ccc6ccccc6c5)c5ccccc5c4n3)ccc2c1.c1ccc2cc(-c3cc(-c4ccc(-c5nc6ccccc6c6ccccc56)nc4)c4cc(-c5ccc6ccccc6c5)c5ccccc5c4n3)ccc2c1. The molecule has 0 atom stereocenters. The fourth-order valence-corrected chi connectivity index (χ4v) is 15.5. The molecule has 0 amide bonds. The van der Waals surface area contributed by atoms with E-state index in [1.807, 2.05) is 42.7 Å². The molecule has 0 N–H and O–H groups in total. The van der Waals surface area contributed by atoms with E-state index in [9.17, 15) is 0 Å². The van der Waals surface area contributed by atoms with E-state index in [4.69, 9.17) is 29.9 Å². The standard InChI is InChI=1S/C51H31N3.C47H29N3/c1-3-13-34-27-36(23-21-32(34)11-1)44-29-46-45(38-25-26-48(52-31-38)51-43-19-8-5-15-39(43)41-17-9-10-20-47(41)53-51)30-49(54-50(46)42-18-7-6-16-40(42)44)37-24-22-33-12-2-4-14-35(33)28-37;1-3-12-33-25-35(19-17-30(33)9-1)40-27-42-41(37-22-23-44(48-29-37)45-24-21-32-11-5-8-16-43(32)49-45)28-46(50-47(42)39-15-7-6-14-38(39)40)36-20-18-31-10-2-4-13-34(31)26-36/h1-31H;1-29H. The molecule has 21 rings (SSSR count). The highest BCUT2D eigenvalue weighted by molar-refractivity contribution is 6.19.